The van der Waals surface area contributed by atoms with Crippen molar-refractivity contribution in [2.75, 3.05) is 16.8 Å². The van der Waals surface area contributed by atoms with Crippen LogP contribution < -0.4 is 15.5 Å². The normalized spacial score (nSPS) is 19.3. The first-order valence-electron chi connectivity index (χ1n) is 10.1. The van der Waals surface area contributed by atoms with Crippen molar-refractivity contribution >= 4 is 45.0 Å². The fourth-order valence-electron chi connectivity index (χ4n) is 4.02. The first-order valence-corrected chi connectivity index (χ1v) is 10.9. The quantitative estimate of drug-likeness (QED) is 0.712. The first-order chi connectivity index (χ1) is 14.3. The van der Waals surface area contributed by atoms with Gasteiger partial charge < -0.3 is 15.5 Å². The Labute approximate surface area is 184 Å². The molecule has 2 aromatic rings. The lowest BCUT2D eigenvalue weighted by Gasteiger charge is -2.22. The van der Waals surface area contributed by atoms with Crippen molar-refractivity contribution in [1.29, 1.82) is 0 Å². The highest BCUT2D eigenvalue weighted by atomic mass is 79.9. The van der Waals surface area contributed by atoms with Gasteiger partial charge in [-0.1, -0.05) is 28.1 Å². The van der Waals surface area contributed by atoms with Crippen molar-refractivity contribution in [2.24, 2.45) is 5.92 Å². The number of hydrogen-bond donors (Lipinski definition) is 2. The van der Waals surface area contributed by atoms with E-state index in [1.807, 2.05) is 50.2 Å². The molecule has 0 saturated carbocycles. The predicted octanol–water partition coefficient (Wildman–Crippen LogP) is 3.87. The number of fused-ring (bicyclic) bond motifs is 1. The van der Waals surface area contributed by atoms with E-state index in [1.54, 1.807) is 4.90 Å². The molecule has 156 valence electrons. The average molecular weight is 470 g/mol. The number of benzene rings is 2. The molecule has 0 bridgehead atoms. The third-order valence-electron chi connectivity index (χ3n) is 5.83. The molecule has 6 nitrogen and oxygen atoms in total. The molecule has 30 heavy (non-hydrogen) atoms. The maximum absolute atomic E-state index is 12.8. The van der Waals surface area contributed by atoms with E-state index in [0.29, 0.717) is 19.4 Å². The molecule has 4 rings (SSSR count). The molecule has 2 aliphatic rings. The van der Waals surface area contributed by atoms with Gasteiger partial charge in [0.05, 0.1) is 12.0 Å². The van der Waals surface area contributed by atoms with Crippen LogP contribution in [-0.4, -0.2) is 24.3 Å². The monoisotopic (exact) mass is 469 g/mol. The number of rotatable bonds is 4. The molecule has 1 fully saturated rings. The Morgan fingerprint density at radius 1 is 1.20 bits per heavy atom. The van der Waals surface area contributed by atoms with Crippen LogP contribution in [0.3, 0.4) is 0 Å². The summed E-state index contributed by atoms with van der Waals surface area (Å²) in [7, 11) is 0. The number of carbonyl (C=O) groups excluding carboxylic acids is 3. The van der Waals surface area contributed by atoms with E-state index < -0.39 is 0 Å². The number of nitrogens with one attached hydrogen (secondary N) is 2. The summed E-state index contributed by atoms with van der Waals surface area (Å²) in [5.41, 5.74) is 4.78. The van der Waals surface area contributed by atoms with Gasteiger partial charge in [0, 0.05) is 35.2 Å². The molecule has 0 aromatic heterocycles. The fraction of sp³-hybridized carbons (Fsp3) is 0.348. The second-order valence-electron chi connectivity index (χ2n) is 8.03. The molecule has 3 amide bonds. The molecule has 2 atom stereocenters. The zero-order valence-corrected chi connectivity index (χ0v) is 18.6. The van der Waals surface area contributed by atoms with Crippen molar-refractivity contribution < 1.29 is 14.4 Å². The predicted molar refractivity (Wildman–Crippen MR) is 119 cm³/mol. The highest BCUT2D eigenvalue weighted by molar-refractivity contribution is 9.10. The molecule has 2 aliphatic heterocycles. The van der Waals surface area contributed by atoms with Crippen LogP contribution in [0.25, 0.3) is 0 Å². The van der Waals surface area contributed by atoms with Gasteiger partial charge in [-0.15, -0.1) is 0 Å². The molecule has 0 spiro atoms. The summed E-state index contributed by atoms with van der Waals surface area (Å²) < 4.78 is 0.991. The number of anilines is 2. The minimum Gasteiger partial charge on any atom is -0.349 e. The molecule has 2 aromatic carbocycles. The average Bonchev–Trinajstić information content (AvgIpc) is 3.11. The van der Waals surface area contributed by atoms with Crippen LogP contribution in [0.5, 0.6) is 0 Å². The van der Waals surface area contributed by atoms with Gasteiger partial charge >= 0.3 is 0 Å². The van der Waals surface area contributed by atoms with Crippen LogP contribution >= 0.6 is 15.9 Å². The molecule has 7 heteroatoms. The van der Waals surface area contributed by atoms with Gasteiger partial charge in [-0.25, -0.2) is 0 Å². The largest absolute Gasteiger partial charge is 0.349 e. The van der Waals surface area contributed by atoms with Crippen LogP contribution in [0.2, 0.25) is 0 Å². The minimum absolute atomic E-state index is 0.0333. The number of aryl methyl sites for hydroxylation is 2. The van der Waals surface area contributed by atoms with Crippen LogP contribution in [-0.2, 0) is 20.8 Å². The molecule has 2 heterocycles. The third-order valence-corrected chi connectivity index (χ3v) is 6.72. The number of amides is 3. The van der Waals surface area contributed by atoms with E-state index >= 15 is 0 Å². The highest BCUT2D eigenvalue weighted by Gasteiger charge is 2.35. The molecule has 1 saturated heterocycles. The van der Waals surface area contributed by atoms with Crippen LogP contribution in [0, 0.1) is 12.8 Å². The molecule has 2 unspecified atom stereocenters. The summed E-state index contributed by atoms with van der Waals surface area (Å²) in [6.45, 7) is 4.30. The van der Waals surface area contributed by atoms with Gasteiger partial charge in [0.25, 0.3) is 0 Å². The van der Waals surface area contributed by atoms with E-state index in [9.17, 15) is 14.4 Å². The van der Waals surface area contributed by atoms with Gasteiger partial charge in [0.2, 0.25) is 17.7 Å². The Bertz CT molecular complexity index is 1040. The summed E-state index contributed by atoms with van der Waals surface area (Å²) >= 11 is 3.48. The van der Waals surface area contributed by atoms with E-state index in [1.165, 1.54) is 0 Å². The van der Waals surface area contributed by atoms with Crippen LogP contribution in [0.1, 0.15) is 42.5 Å². The Morgan fingerprint density at radius 3 is 2.77 bits per heavy atom. The molecule has 2 N–H and O–H groups in total. The smallest absolute Gasteiger partial charge is 0.227 e. The first kappa shape index (κ1) is 20.6. The lowest BCUT2D eigenvalue weighted by atomic mass is 9.97. The fourth-order valence-corrected chi connectivity index (χ4v) is 4.26. The van der Waals surface area contributed by atoms with Gasteiger partial charge in [-0.3, -0.25) is 14.4 Å². The number of nitrogens with zero attached hydrogens (tertiary/aromatic N) is 1. The lowest BCUT2D eigenvalue weighted by molar-refractivity contribution is -0.126. The van der Waals surface area contributed by atoms with Crippen LogP contribution in [0.15, 0.2) is 40.9 Å². The topological polar surface area (TPSA) is 78.5 Å². The zero-order chi connectivity index (χ0) is 21.4. The second kappa shape index (κ2) is 8.22. The Morgan fingerprint density at radius 2 is 2.00 bits per heavy atom. The number of halogens is 1. The van der Waals surface area contributed by atoms with Crippen molar-refractivity contribution in [2.45, 2.75) is 39.2 Å². The molecular weight excluding hydrogens is 446 g/mol. The van der Waals surface area contributed by atoms with Gasteiger partial charge in [0.1, 0.15) is 0 Å². The van der Waals surface area contributed by atoms with E-state index in [2.05, 4.69) is 26.6 Å². The van der Waals surface area contributed by atoms with Crippen molar-refractivity contribution in [3.63, 3.8) is 0 Å². The Balaban J connectivity index is 1.42. The zero-order valence-electron chi connectivity index (χ0n) is 17.0. The van der Waals surface area contributed by atoms with E-state index in [0.717, 1.165) is 32.5 Å². The van der Waals surface area contributed by atoms with Crippen molar-refractivity contribution in [1.82, 2.24) is 5.32 Å². The van der Waals surface area contributed by atoms with Crippen LogP contribution in [0.4, 0.5) is 11.4 Å². The third kappa shape index (κ3) is 4.12. The summed E-state index contributed by atoms with van der Waals surface area (Å²) in [6.07, 6.45) is 1.39. The number of carbonyl (C=O) groups is 3. The standard InChI is InChI=1S/C23H24BrN3O3/c1-13-9-18(5-6-19(13)24)27-12-17(11-22(27)29)23(30)25-14(2)15-3-7-20-16(10-15)4-8-21(28)26-20/h3,5-7,9-10,14,17H,4,8,11-12H2,1-2H3,(H,25,30)(H,26,28). The highest BCUT2D eigenvalue weighted by Crippen LogP contribution is 2.30. The second-order valence-corrected chi connectivity index (χ2v) is 8.89. The lowest BCUT2D eigenvalue weighted by Crippen LogP contribution is -2.34. The molecule has 0 aliphatic carbocycles. The van der Waals surface area contributed by atoms with E-state index in [-0.39, 0.29) is 36.1 Å². The maximum Gasteiger partial charge on any atom is 0.227 e. The van der Waals surface area contributed by atoms with E-state index in [4.69, 9.17) is 0 Å². The molecule has 0 radical (unpaired) electrons. The summed E-state index contributed by atoms with van der Waals surface area (Å²) in [6, 6.07) is 11.4. The van der Waals surface area contributed by atoms with Crippen molar-refractivity contribution in [3.05, 3.63) is 57.6 Å². The van der Waals surface area contributed by atoms with Gasteiger partial charge in [-0.2, -0.15) is 0 Å². The van der Waals surface area contributed by atoms with Crippen molar-refractivity contribution in [3.8, 4) is 0 Å². The summed E-state index contributed by atoms with van der Waals surface area (Å²) in [5, 5.41) is 5.93. The van der Waals surface area contributed by atoms with Gasteiger partial charge in [0.15, 0.2) is 0 Å². The number of hydrogen-bond acceptors (Lipinski definition) is 3. The SMILES string of the molecule is Cc1cc(N2CC(C(=O)NC(C)c3ccc4c(c3)CCC(=O)N4)CC2=O)ccc1Br. The minimum atomic E-state index is -0.374. The Hall–Kier alpha value is -2.67. The maximum atomic E-state index is 12.8. The molecular formula is C23H24BrN3O3. The van der Waals surface area contributed by atoms with Gasteiger partial charge in [-0.05, 0) is 61.2 Å². The summed E-state index contributed by atoms with van der Waals surface area (Å²) in [4.78, 5) is 38.6. The Kier molecular flexibility index (Phi) is 5.64. The summed E-state index contributed by atoms with van der Waals surface area (Å²) in [5.74, 6) is -0.485.